The van der Waals surface area contributed by atoms with Gasteiger partial charge in [0.25, 0.3) is 5.78 Å². The van der Waals surface area contributed by atoms with Gasteiger partial charge in [0.1, 0.15) is 12.2 Å². The first-order valence-electron chi connectivity index (χ1n) is 7.33. The molecule has 1 saturated carbocycles. The van der Waals surface area contributed by atoms with Crippen molar-refractivity contribution in [2.24, 2.45) is 11.3 Å². The van der Waals surface area contributed by atoms with Gasteiger partial charge in [-0.15, -0.1) is 11.8 Å². The van der Waals surface area contributed by atoms with Crippen molar-refractivity contribution >= 4 is 23.5 Å². The molecule has 0 aromatic rings. The highest BCUT2D eigenvalue weighted by Crippen LogP contribution is 2.78. The van der Waals surface area contributed by atoms with E-state index in [0.717, 1.165) is 0 Å². The minimum absolute atomic E-state index is 0.0672. The van der Waals surface area contributed by atoms with E-state index in [9.17, 15) is 9.59 Å². The summed E-state index contributed by atoms with van der Waals surface area (Å²) in [4.78, 5) is 27.9. The summed E-state index contributed by atoms with van der Waals surface area (Å²) in [5.41, 5.74) is -1.79. The Morgan fingerprint density at radius 2 is 2.33 bits per heavy atom. The number of Topliss-reactive ketones (excluding diaryl/α,β-unsaturated/α-hetero) is 1. The highest BCUT2D eigenvalue weighted by Gasteiger charge is 2.98. The van der Waals surface area contributed by atoms with E-state index in [1.54, 1.807) is 11.8 Å². The molecule has 6 atom stereocenters. The standard InChI is InChI=1S/C15H17NO4S/c1-5-13(2,3)12(18)19-9-8-6-7-10(17)15(16-4)14(7,21-8)11(9)20-15/h7-9,11H,5-6H2,1-3H3. The summed E-state index contributed by atoms with van der Waals surface area (Å²) in [6.45, 7) is 13.0. The number of ketones is 1. The van der Waals surface area contributed by atoms with Gasteiger partial charge in [-0.25, -0.2) is 6.57 Å². The Labute approximate surface area is 127 Å². The summed E-state index contributed by atoms with van der Waals surface area (Å²) in [6, 6.07) is 0. The summed E-state index contributed by atoms with van der Waals surface area (Å²) in [6.07, 6.45) is 0.827. The number of esters is 1. The van der Waals surface area contributed by atoms with Gasteiger partial charge in [0.2, 0.25) is 0 Å². The SMILES string of the molecule is [C-]#[N+]C12OC3C(OC(=O)C(C)(C)CC)C4CC(C1=O)C32S4. The van der Waals surface area contributed by atoms with Crippen LogP contribution in [-0.4, -0.2) is 39.7 Å². The van der Waals surface area contributed by atoms with Gasteiger partial charge in [-0.05, 0) is 26.7 Å². The van der Waals surface area contributed by atoms with E-state index in [2.05, 4.69) is 4.85 Å². The molecule has 0 amide bonds. The number of nitrogens with zero attached hydrogens (tertiary/aromatic N) is 1. The Balaban J connectivity index is 1.58. The van der Waals surface area contributed by atoms with E-state index in [4.69, 9.17) is 16.0 Å². The Hall–Kier alpha value is -1.06. The fraction of sp³-hybridized carbons (Fsp3) is 0.800. The van der Waals surface area contributed by atoms with E-state index in [0.29, 0.717) is 12.8 Å². The van der Waals surface area contributed by atoms with Crippen molar-refractivity contribution in [3.8, 4) is 0 Å². The molecular weight excluding hydrogens is 290 g/mol. The molecule has 4 fully saturated rings. The summed E-state index contributed by atoms with van der Waals surface area (Å²) in [5, 5.41) is 0.0895. The quantitative estimate of drug-likeness (QED) is 0.588. The molecule has 0 aromatic heterocycles. The topological polar surface area (TPSA) is 57.0 Å². The molecule has 3 saturated heterocycles. The van der Waals surface area contributed by atoms with E-state index in [-0.39, 0.29) is 35.1 Å². The number of rotatable bonds is 3. The van der Waals surface area contributed by atoms with Gasteiger partial charge in [0.15, 0.2) is 4.75 Å². The second-order valence-corrected chi connectivity index (χ2v) is 8.52. The van der Waals surface area contributed by atoms with Crippen molar-refractivity contribution in [3.63, 3.8) is 0 Å². The zero-order chi connectivity index (χ0) is 15.2. The summed E-state index contributed by atoms with van der Waals surface area (Å²) in [7, 11) is 0. The molecule has 0 aromatic carbocycles. The number of fused-ring (bicyclic) bond motifs is 1. The number of hydrogen-bond donors (Lipinski definition) is 0. The Bertz CT molecular complexity index is 611. The van der Waals surface area contributed by atoms with Crippen molar-refractivity contribution in [2.75, 3.05) is 0 Å². The van der Waals surface area contributed by atoms with E-state index < -0.39 is 15.9 Å². The molecule has 0 N–H and O–H groups in total. The van der Waals surface area contributed by atoms with Crippen molar-refractivity contribution in [2.45, 2.75) is 61.5 Å². The first kappa shape index (κ1) is 13.6. The van der Waals surface area contributed by atoms with Crippen LogP contribution in [-0.2, 0) is 19.1 Å². The molecule has 21 heavy (non-hydrogen) atoms. The van der Waals surface area contributed by atoms with Gasteiger partial charge in [-0.2, -0.15) is 0 Å². The first-order chi connectivity index (χ1) is 9.84. The largest absolute Gasteiger partial charge is 0.458 e. The molecule has 3 heterocycles. The van der Waals surface area contributed by atoms with Gasteiger partial charge < -0.3 is 4.74 Å². The third-order valence-electron chi connectivity index (χ3n) is 5.73. The third-order valence-corrected chi connectivity index (χ3v) is 7.68. The smallest absolute Gasteiger partial charge is 0.415 e. The minimum Gasteiger partial charge on any atom is -0.458 e. The second kappa shape index (κ2) is 3.64. The van der Waals surface area contributed by atoms with Crippen molar-refractivity contribution in [3.05, 3.63) is 11.4 Å². The van der Waals surface area contributed by atoms with E-state index in [1.165, 1.54) is 0 Å². The van der Waals surface area contributed by atoms with Crippen LogP contribution in [0.25, 0.3) is 4.85 Å². The molecule has 6 unspecified atom stereocenters. The van der Waals surface area contributed by atoms with Gasteiger partial charge in [0, 0.05) is 5.25 Å². The normalized spacial score (nSPS) is 49.0. The molecule has 1 aliphatic carbocycles. The number of hydrogen-bond acceptors (Lipinski definition) is 5. The van der Waals surface area contributed by atoms with Crippen LogP contribution in [0.3, 0.4) is 0 Å². The molecule has 4 rings (SSSR count). The lowest BCUT2D eigenvalue weighted by molar-refractivity contribution is -0.290. The average molecular weight is 307 g/mol. The van der Waals surface area contributed by atoms with Crippen molar-refractivity contribution in [1.29, 1.82) is 0 Å². The third kappa shape index (κ3) is 1.18. The average Bonchev–Trinajstić information content (AvgIpc) is 2.96. The predicted molar refractivity (Wildman–Crippen MR) is 75.4 cm³/mol. The van der Waals surface area contributed by atoms with Crippen LogP contribution in [0.5, 0.6) is 0 Å². The lowest BCUT2D eigenvalue weighted by atomic mass is 9.52. The van der Waals surface area contributed by atoms with Gasteiger partial charge in [-0.3, -0.25) is 19.2 Å². The molecular formula is C15H17NO4S. The molecule has 6 heteroatoms. The molecule has 2 bridgehead atoms. The molecule has 5 nitrogen and oxygen atoms in total. The van der Waals surface area contributed by atoms with Gasteiger partial charge in [0.05, 0.1) is 11.3 Å². The van der Waals surface area contributed by atoms with Gasteiger partial charge in [-0.1, -0.05) is 6.92 Å². The van der Waals surface area contributed by atoms with Crippen LogP contribution in [0, 0.1) is 17.9 Å². The summed E-state index contributed by atoms with van der Waals surface area (Å²) >= 11 is 1.65. The van der Waals surface area contributed by atoms with Crippen LogP contribution in [0.4, 0.5) is 0 Å². The van der Waals surface area contributed by atoms with Crippen LogP contribution < -0.4 is 0 Å². The zero-order valence-corrected chi connectivity index (χ0v) is 13.0. The lowest BCUT2D eigenvalue weighted by Crippen LogP contribution is -2.88. The Kier molecular flexibility index (Phi) is 2.35. The van der Waals surface area contributed by atoms with Crippen LogP contribution in [0.2, 0.25) is 0 Å². The van der Waals surface area contributed by atoms with Crippen LogP contribution in [0.15, 0.2) is 0 Å². The first-order valence-corrected chi connectivity index (χ1v) is 8.21. The maximum atomic E-state index is 12.3. The number of ether oxygens (including phenoxy) is 2. The highest BCUT2D eigenvalue weighted by atomic mass is 32.2. The monoisotopic (exact) mass is 307 g/mol. The van der Waals surface area contributed by atoms with E-state index in [1.807, 2.05) is 20.8 Å². The lowest BCUT2D eigenvalue weighted by Gasteiger charge is -2.61. The number of carbonyl (C=O) groups is 2. The summed E-state index contributed by atoms with van der Waals surface area (Å²) < 4.78 is 11.0. The highest BCUT2D eigenvalue weighted by molar-refractivity contribution is 8.02. The number of carbonyl (C=O) groups excluding carboxylic acids is 2. The summed E-state index contributed by atoms with van der Waals surface area (Å²) in [5.74, 6) is -0.359. The van der Waals surface area contributed by atoms with Crippen molar-refractivity contribution < 1.29 is 19.1 Å². The molecule has 112 valence electrons. The Morgan fingerprint density at radius 1 is 1.62 bits per heavy atom. The molecule has 1 spiro atoms. The predicted octanol–water partition coefficient (Wildman–Crippen LogP) is 1.81. The Morgan fingerprint density at radius 3 is 2.95 bits per heavy atom. The maximum absolute atomic E-state index is 12.3. The van der Waals surface area contributed by atoms with Crippen molar-refractivity contribution in [1.82, 2.24) is 0 Å². The number of thioether (sulfide) groups is 1. The van der Waals surface area contributed by atoms with Gasteiger partial charge >= 0.3 is 11.7 Å². The fourth-order valence-corrected chi connectivity index (χ4v) is 6.18. The van der Waals surface area contributed by atoms with Crippen LogP contribution in [0.1, 0.15) is 33.6 Å². The minimum atomic E-state index is -1.27. The maximum Gasteiger partial charge on any atom is 0.415 e. The second-order valence-electron chi connectivity index (χ2n) is 7.00. The molecule has 3 aliphatic heterocycles. The zero-order valence-electron chi connectivity index (χ0n) is 12.2. The molecule has 0 radical (unpaired) electrons. The van der Waals surface area contributed by atoms with E-state index >= 15 is 0 Å². The van der Waals surface area contributed by atoms with Crippen LogP contribution >= 0.6 is 11.8 Å². The molecule has 4 aliphatic rings. The fourth-order valence-electron chi connectivity index (χ4n) is 4.02.